The van der Waals surface area contributed by atoms with E-state index < -0.39 is 75.4 Å². The molecule has 23 nitrogen and oxygen atoms in total. The standard InChI is InChI=1S/C54H65BF2N8O15S2/c1-35-29-39(61-43(35)32-44-38(11-8-25-65(4,5)6)30-46(49-12-10-28-81-49)62(44)55(61,56)57)17-14-37-15-18-40(19-16-37)77-26-9-13-50(66)59-42(34-82(73,74)75)53(69)58-22-23-60(3)24-27-78-48-33-45(64(71)72)41(31-47(48)76-7)36(2)79-54(70)80-63-51(67)20-21-52(63)68/h10,12,14-19,28-33,36,42H,8-9,11,13,20-27,34H2,1-7H3,(H2-,58,59,66,69,73,74,75)/p+1/b17-14+. The van der Waals surface area contributed by atoms with Gasteiger partial charge < -0.3 is 56.6 Å². The molecule has 2 unspecified atom stereocenters. The van der Waals surface area contributed by atoms with Crippen molar-refractivity contribution in [3.05, 3.63) is 120 Å². The van der Waals surface area contributed by atoms with Crippen LogP contribution < -0.4 is 24.8 Å². The van der Waals surface area contributed by atoms with Crippen LogP contribution in [-0.2, 0) is 38.9 Å². The maximum absolute atomic E-state index is 17.0. The lowest BCUT2D eigenvalue weighted by atomic mass is 9.88. The summed E-state index contributed by atoms with van der Waals surface area (Å²) in [6, 6.07) is 13.1. The molecule has 3 aliphatic heterocycles. The van der Waals surface area contributed by atoms with E-state index in [2.05, 4.69) is 31.8 Å². The second-order valence-electron chi connectivity index (χ2n) is 20.8. The minimum Gasteiger partial charge on any atom is -0.494 e. The van der Waals surface area contributed by atoms with Crippen LogP contribution in [0.15, 0.2) is 77.3 Å². The number of hydroxylamine groups is 2. The number of carbonyl (C=O) groups excluding carboxylic acids is 5. The van der Waals surface area contributed by atoms with Crippen LogP contribution in [0.5, 0.6) is 17.2 Å². The number of hydrogen-bond donors (Lipinski definition) is 3. The van der Waals surface area contributed by atoms with Crippen molar-refractivity contribution in [2.24, 2.45) is 0 Å². The third-order valence-corrected chi connectivity index (χ3v) is 15.1. The zero-order valence-electron chi connectivity index (χ0n) is 46.4. The number of nitrogens with one attached hydrogen (secondary N) is 2. The number of nitrogens with zero attached hydrogens (tertiary/aromatic N) is 6. The topological polar surface area (TPSA) is 267 Å². The average molecular weight is 1180 g/mol. The average Bonchev–Trinajstić information content (AvgIpc) is 1.89. The smallest absolute Gasteiger partial charge is 0.494 e. The summed E-state index contributed by atoms with van der Waals surface area (Å²) in [5, 5.41) is 19.1. The Hall–Kier alpha value is -7.79. The molecule has 5 heterocycles. The van der Waals surface area contributed by atoms with E-state index in [0.717, 1.165) is 49.6 Å². The Labute approximate surface area is 476 Å². The van der Waals surface area contributed by atoms with Crippen molar-refractivity contribution in [1.29, 1.82) is 0 Å². The molecule has 82 heavy (non-hydrogen) atoms. The van der Waals surface area contributed by atoms with E-state index in [1.54, 1.807) is 54.4 Å². The molecule has 7 rings (SSSR count). The molecule has 0 bridgehead atoms. The minimum absolute atomic E-state index is 0.0339. The summed E-state index contributed by atoms with van der Waals surface area (Å²) in [4.78, 5) is 80.4. The number of aromatic nitrogens is 1. The van der Waals surface area contributed by atoms with Gasteiger partial charge in [0.2, 0.25) is 11.8 Å². The van der Waals surface area contributed by atoms with Crippen molar-refractivity contribution in [1.82, 2.24) is 25.1 Å². The van der Waals surface area contributed by atoms with E-state index >= 15 is 8.63 Å². The number of likely N-dealkylation sites (N-methyl/N-ethyl adjacent to an activating group) is 1. The monoisotopic (exact) mass is 1180 g/mol. The number of nitro benzene ring substituents is 1. The molecule has 4 aromatic rings. The fraction of sp³-hybridized carbons (Fsp3) is 0.407. The zero-order chi connectivity index (χ0) is 59.7. The predicted molar refractivity (Wildman–Crippen MR) is 301 cm³/mol. The predicted octanol–water partition coefficient (Wildman–Crippen LogP) is 6.39. The van der Waals surface area contributed by atoms with Crippen molar-refractivity contribution in [2.45, 2.75) is 64.5 Å². The fourth-order valence-corrected chi connectivity index (χ4v) is 10.8. The highest BCUT2D eigenvalue weighted by Crippen LogP contribution is 2.41. The molecule has 3 N–H and O–H groups in total. The summed E-state index contributed by atoms with van der Waals surface area (Å²) in [5.74, 6) is -3.66. The number of amides is 4. The largest absolute Gasteiger partial charge is 0.737 e. The lowest BCUT2D eigenvalue weighted by Crippen LogP contribution is -2.51. The Kier molecular flexibility index (Phi) is 19.9. The number of halogens is 2. The minimum atomic E-state index is -4.72. The number of thiophene rings is 1. The first-order valence-corrected chi connectivity index (χ1v) is 28.7. The number of ether oxygens (including phenoxy) is 4. The van der Waals surface area contributed by atoms with Crippen molar-refractivity contribution in [2.75, 3.05) is 80.4 Å². The highest BCUT2D eigenvalue weighted by atomic mass is 32.2. The summed E-state index contributed by atoms with van der Waals surface area (Å²) < 4.78 is 92.6. The Balaban J connectivity index is 0.860. The molecule has 0 spiro atoms. The molecule has 0 saturated carbocycles. The molecule has 0 radical (unpaired) electrons. The molecule has 2 atom stereocenters. The van der Waals surface area contributed by atoms with Crippen LogP contribution in [0.25, 0.3) is 18.2 Å². The molecule has 3 aliphatic rings. The van der Waals surface area contributed by atoms with E-state index in [4.69, 9.17) is 23.8 Å². The van der Waals surface area contributed by atoms with Gasteiger partial charge in [0.1, 0.15) is 30.3 Å². The number of aryl methyl sites for hydroxylation is 1. The van der Waals surface area contributed by atoms with Crippen molar-refractivity contribution >= 4 is 87.8 Å². The van der Waals surface area contributed by atoms with Gasteiger partial charge in [-0.15, -0.1) is 11.3 Å². The Morgan fingerprint density at radius 2 is 1.72 bits per heavy atom. The Morgan fingerprint density at radius 1 is 1.00 bits per heavy atom. The summed E-state index contributed by atoms with van der Waals surface area (Å²) in [6.45, 7) is 0.140. The van der Waals surface area contributed by atoms with Crippen molar-refractivity contribution in [3.63, 3.8) is 0 Å². The van der Waals surface area contributed by atoms with Crippen molar-refractivity contribution < 1.29 is 83.3 Å². The van der Waals surface area contributed by atoms with Gasteiger partial charge in [0.25, 0.3) is 27.6 Å². The number of allylic oxidation sites excluding steroid dienone is 2. The number of hydrogen-bond acceptors (Lipinski definition) is 16. The normalized spacial score (nSPS) is 15.7. The quantitative estimate of drug-likeness (QED) is 0.00813. The maximum Gasteiger partial charge on any atom is 0.737 e. The highest BCUT2D eigenvalue weighted by molar-refractivity contribution is 7.85. The van der Waals surface area contributed by atoms with Crippen LogP contribution in [-0.4, -0.2) is 170 Å². The maximum atomic E-state index is 17.0. The number of nitro groups is 1. The molecule has 1 fully saturated rings. The molecular formula is C54H66BF2N8O15S2+. The molecule has 4 amide bonds. The number of quaternary nitrogens is 1. The van der Waals surface area contributed by atoms with Gasteiger partial charge in [0.15, 0.2) is 22.9 Å². The van der Waals surface area contributed by atoms with E-state index in [-0.39, 0.29) is 80.7 Å². The van der Waals surface area contributed by atoms with Gasteiger partial charge in [-0.2, -0.15) is 8.42 Å². The van der Waals surface area contributed by atoms with Gasteiger partial charge >= 0.3 is 13.1 Å². The summed E-state index contributed by atoms with van der Waals surface area (Å²) >= 11 is 1.43. The second-order valence-corrected chi connectivity index (χ2v) is 23.3. The van der Waals surface area contributed by atoms with Gasteiger partial charge in [-0.3, -0.25) is 38.7 Å². The molecule has 440 valence electrons. The summed E-state index contributed by atoms with van der Waals surface area (Å²) in [6.07, 6.45) is 5.71. The SMILES string of the molecule is COc1cc(C(C)OC(=O)ON2C(=O)CCC2=O)c([N+](=O)[O-])cc1OCCN(C)CCNC(=O)C(CS(=O)(=O)O)NC(=O)CCCOc1ccc(/C=C/c2cc(C)c3n2[B-](F)(F)[N+]2=C(c4cccs4)C=C(CCC[N+](C)(C)C)C2=C3)cc1. The first-order valence-electron chi connectivity index (χ1n) is 26.3. The summed E-state index contributed by atoms with van der Waals surface area (Å²) in [7, 11) is 4.57. The van der Waals surface area contributed by atoms with Crippen molar-refractivity contribution in [3.8, 4) is 17.2 Å². The van der Waals surface area contributed by atoms with Crippen LogP contribution in [0.4, 0.5) is 19.1 Å². The van der Waals surface area contributed by atoms with Gasteiger partial charge in [-0.1, -0.05) is 29.3 Å². The van der Waals surface area contributed by atoms with Crippen LogP contribution in [0.2, 0.25) is 0 Å². The number of benzene rings is 2. The number of rotatable bonds is 28. The number of methoxy groups -OCH3 is 1. The molecule has 28 heteroatoms. The Bertz CT molecular complexity index is 3310. The van der Waals surface area contributed by atoms with Gasteiger partial charge in [-0.05, 0) is 86.7 Å². The second kappa shape index (κ2) is 26.4. The number of carbonyl (C=O) groups is 5. The molecule has 2 aromatic carbocycles. The number of fused-ring (bicyclic) bond motifs is 2. The first-order chi connectivity index (χ1) is 38.7. The van der Waals surface area contributed by atoms with Gasteiger partial charge in [-0.25, -0.2) is 4.79 Å². The fourth-order valence-electron chi connectivity index (χ4n) is 9.38. The van der Waals surface area contributed by atoms with Crippen LogP contribution in [0, 0.1) is 17.0 Å². The van der Waals surface area contributed by atoms with Gasteiger partial charge in [0.05, 0.1) is 62.8 Å². The van der Waals surface area contributed by atoms with Gasteiger partial charge in [0, 0.05) is 74.4 Å². The van der Waals surface area contributed by atoms with E-state index in [9.17, 15) is 47.1 Å². The van der Waals surface area contributed by atoms with Crippen LogP contribution in [0.1, 0.15) is 84.5 Å². The van der Waals surface area contributed by atoms with E-state index in [1.165, 1.54) is 35.9 Å². The van der Waals surface area contributed by atoms with Crippen LogP contribution >= 0.6 is 11.3 Å². The lowest BCUT2D eigenvalue weighted by Gasteiger charge is -2.31. The zero-order valence-corrected chi connectivity index (χ0v) is 48.1. The molecule has 1 saturated heterocycles. The highest BCUT2D eigenvalue weighted by Gasteiger charge is 2.54. The van der Waals surface area contributed by atoms with E-state index in [0.29, 0.717) is 35.0 Å². The van der Waals surface area contributed by atoms with Crippen LogP contribution in [0.3, 0.4) is 0 Å². The third kappa shape index (κ3) is 15.8. The third-order valence-electron chi connectivity index (χ3n) is 13.5. The molecule has 0 aliphatic carbocycles. The first kappa shape index (κ1) is 61.8. The van der Waals surface area contributed by atoms with E-state index in [1.807, 2.05) is 36.6 Å². The molecule has 2 aromatic heterocycles. The lowest BCUT2D eigenvalue weighted by molar-refractivity contribution is -0.870. The Morgan fingerprint density at radius 3 is 2.37 bits per heavy atom. The number of imide groups is 1. The summed E-state index contributed by atoms with van der Waals surface area (Å²) in [5.41, 5.74) is 3.58. The molecular weight excluding hydrogens is 1110 g/mol.